The summed E-state index contributed by atoms with van der Waals surface area (Å²) in [5.74, 6) is 1.50. The van der Waals surface area contributed by atoms with Crippen molar-refractivity contribution in [1.29, 1.82) is 0 Å². The molecule has 8 heteroatoms. The molecule has 2 atom stereocenters. The monoisotopic (exact) mass is 466 g/mol. The van der Waals surface area contributed by atoms with Crippen molar-refractivity contribution < 1.29 is 14.3 Å². The van der Waals surface area contributed by atoms with E-state index in [2.05, 4.69) is 15.5 Å². The number of rotatable bonds is 9. The van der Waals surface area contributed by atoms with Crippen LogP contribution in [0.2, 0.25) is 0 Å². The summed E-state index contributed by atoms with van der Waals surface area (Å²) in [6.45, 7) is 7.53. The molecule has 2 heterocycles. The molecule has 0 unspecified atom stereocenters. The minimum Gasteiger partial charge on any atom is -0.485 e. The van der Waals surface area contributed by atoms with Gasteiger partial charge in [0.05, 0.1) is 11.4 Å². The number of benzene rings is 2. The van der Waals surface area contributed by atoms with Gasteiger partial charge in [-0.15, -0.1) is 10.2 Å². The van der Waals surface area contributed by atoms with Gasteiger partial charge in [0, 0.05) is 18.8 Å². The van der Waals surface area contributed by atoms with Gasteiger partial charge < -0.3 is 14.8 Å². The first kappa shape index (κ1) is 23.3. The summed E-state index contributed by atoms with van der Waals surface area (Å²) < 4.78 is 13.7. The molecular weight excluding hydrogens is 436 g/mol. The molecule has 0 radical (unpaired) electrons. The Morgan fingerprint density at radius 1 is 1.18 bits per heavy atom. The molecular formula is C25H30N4O3S. The first-order chi connectivity index (χ1) is 16.0. The fraction of sp³-hybridized carbons (Fsp3) is 0.400. The zero-order valence-corrected chi connectivity index (χ0v) is 20.1. The number of thioether (sulfide) groups is 1. The van der Waals surface area contributed by atoms with E-state index in [0.717, 1.165) is 42.0 Å². The number of aromatic nitrogens is 3. The summed E-state index contributed by atoms with van der Waals surface area (Å²) in [5, 5.41) is 12.1. The molecule has 0 saturated carbocycles. The number of carbonyl (C=O) groups is 1. The second kappa shape index (κ2) is 10.9. The molecule has 1 aromatic heterocycles. The van der Waals surface area contributed by atoms with Crippen molar-refractivity contribution in [2.75, 3.05) is 13.2 Å². The molecule has 1 aliphatic heterocycles. The van der Waals surface area contributed by atoms with E-state index < -0.39 is 0 Å². The summed E-state index contributed by atoms with van der Waals surface area (Å²) in [6, 6.07) is 16.0. The van der Waals surface area contributed by atoms with Gasteiger partial charge in [-0.1, -0.05) is 48.2 Å². The maximum absolute atomic E-state index is 12.7. The van der Waals surface area contributed by atoms with E-state index >= 15 is 0 Å². The molecule has 174 valence electrons. The van der Waals surface area contributed by atoms with E-state index in [9.17, 15) is 4.79 Å². The van der Waals surface area contributed by atoms with Crippen molar-refractivity contribution in [2.24, 2.45) is 0 Å². The molecule has 1 fully saturated rings. The fourth-order valence-corrected chi connectivity index (χ4v) is 4.76. The third-order valence-corrected chi connectivity index (χ3v) is 6.69. The van der Waals surface area contributed by atoms with E-state index in [4.69, 9.17) is 9.47 Å². The Labute approximate surface area is 198 Å². The Morgan fingerprint density at radius 2 is 1.94 bits per heavy atom. The molecule has 1 amide bonds. The highest BCUT2D eigenvalue weighted by molar-refractivity contribution is 8.00. The predicted molar refractivity (Wildman–Crippen MR) is 129 cm³/mol. The molecule has 2 aromatic carbocycles. The Bertz CT molecular complexity index is 1060. The van der Waals surface area contributed by atoms with Crippen molar-refractivity contribution in [1.82, 2.24) is 20.1 Å². The van der Waals surface area contributed by atoms with E-state index in [1.165, 1.54) is 11.8 Å². The van der Waals surface area contributed by atoms with Crippen LogP contribution in [0.5, 0.6) is 5.75 Å². The quantitative estimate of drug-likeness (QED) is 0.475. The van der Waals surface area contributed by atoms with Crippen LogP contribution < -0.4 is 10.1 Å². The van der Waals surface area contributed by atoms with Crippen LogP contribution in [0.3, 0.4) is 0 Å². The lowest BCUT2D eigenvalue weighted by Gasteiger charge is -2.16. The van der Waals surface area contributed by atoms with Crippen LogP contribution in [0, 0.1) is 13.8 Å². The highest BCUT2D eigenvalue weighted by Crippen LogP contribution is 2.28. The molecule has 1 saturated heterocycles. The lowest BCUT2D eigenvalue weighted by Crippen LogP contribution is -2.36. The number of nitrogens with one attached hydrogen (secondary N) is 1. The van der Waals surface area contributed by atoms with Gasteiger partial charge in [0.25, 0.3) is 0 Å². The molecule has 33 heavy (non-hydrogen) atoms. The molecule has 7 nitrogen and oxygen atoms in total. The minimum absolute atomic E-state index is 0.0357. The van der Waals surface area contributed by atoms with Gasteiger partial charge in [-0.2, -0.15) is 0 Å². The topological polar surface area (TPSA) is 78.3 Å². The van der Waals surface area contributed by atoms with E-state index in [0.29, 0.717) is 17.5 Å². The van der Waals surface area contributed by atoms with Gasteiger partial charge in [-0.3, -0.25) is 9.36 Å². The number of aryl methyl sites for hydroxylation is 2. The first-order valence-electron chi connectivity index (χ1n) is 11.3. The van der Waals surface area contributed by atoms with Crippen molar-refractivity contribution in [3.8, 4) is 11.4 Å². The standard InChI is InChI=1S/C25H30N4O3S/c1-17-9-7-10-18(2)23(17)32-16-22-27-28-25(29(22)20-11-5-4-6-12-20)33-19(3)24(30)26-15-21-13-8-14-31-21/h4-7,9-12,19,21H,8,13-16H2,1-3H3,(H,26,30)/t19-,21+/m0/s1. The molecule has 1 N–H and O–H groups in total. The molecule has 0 aliphatic carbocycles. The summed E-state index contributed by atoms with van der Waals surface area (Å²) in [6.07, 6.45) is 2.17. The molecule has 4 rings (SSSR count). The van der Waals surface area contributed by atoms with Crippen LogP contribution in [0.15, 0.2) is 53.7 Å². The van der Waals surface area contributed by atoms with Gasteiger partial charge in [0.2, 0.25) is 5.91 Å². The number of amides is 1. The van der Waals surface area contributed by atoms with Crippen LogP contribution >= 0.6 is 11.8 Å². The molecule has 3 aromatic rings. The predicted octanol–water partition coefficient (Wildman–Crippen LogP) is 4.24. The van der Waals surface area contributed by atoms with Crippen LogP contribution in [-0.2, 0) is 16.1 Å². The summed E-state index contributed by atoms with van der Waals surface area (Å²) >= 11 is 1.39. The number of ether oxygens (including phenoxy) is 2. The number of carbonyl (C=O) groups excluding carboxylic acids is 1. The fourth-order valence-electron chi connectivity index (χ4n) is 3.85. The summed E-state index contributed by atoms with van der Waals surface area (Å²) in [5.41, 5.74) is 3.08. The zero-order chi connectivity index (χ0) is 23.2. The third kappa shape index (κ3) is 5.75. The number of nitrogens with zero attached hydrogens (tertiary/aromatic N) is 3. The van der Waals surface area contributed by atoms with Crippen LogP contribution in [0.4, 0.5) is 0 Å². The van der Waals surface area contributed by atoms with Gasteiger partial charge in [-0.25, -0.2) is 0 Å². The van der Waals surface area contributed by atoms with Crippen LogP contribution in [0.1, 0.15) is 36.7 Å². The second-order valence-corrected chi connectivity index (χ2v) is 9.53. The van der Waals surface area contributed by atoms with E-state index in [1.807, 2.05) is 73.9 Å². The average Bonchev–Trinajstić information content (AvgIpc) is 3.48. The smallest absolute Gasteiger partial charge is 0.233 e. The number of para-hydroxylation sites is 2. The average molecular weight is 467 g/mol. The first-order valence-corrected chi connectivity index (χ1v) is 12.2. The lowest BCUT2D eigenvalue weighted by atomic mass is 10.1. The van der Waals surface area contributed by atoms with Gasteiger partial charge in [0.15, 0.2) is 11.0 Å². The Morgan fingerprint density at radius 3 is 2.64 bits per heavy atom. The Balaban J connectivity index is 1.50. The summed E-state index contributed by atoms with van der Waals surface area (Å²) in [4.78, 5) is 12.7. The highest BCUT2D eigenvalue weighted by Gasteiger charge is 2.23. The third-order valence-electron chi connectivity index (χ3n) is 5.65. The Hall–Kier alpha value is -2.84. The Kier molecular flexibility index (Phi) is 7.67. The van der Waals surface area contributed by atoms with Gasteiger partial charge >= 0.3 is 0 Å². The normalized spacial score (nSPS) is 16.5. The molecule has 1 aliphatic rings. The van der Waals surface area contributed by atoms with Gasteiger partial charge in [0.1, 0.15) is 12.4 Å². The maximum Gasteiger partial charge on any atom is 0.233 e. The number of hydrogen-bond donors (Lipinski definition) is 1. The minimum atomic E-state index is -0.328. The van der Waals surface area contributed by atoms with Crippen molar-refractivity contribution >= 4 is 17.7 Å². The highest BCUT2D eigenvalue weighted by atomic mass is 32.2. The molecule has 0 spiro atoms. The largest absolute Gasteiger partial charge is 0.485 e. The van der Waals surface area contributed by atoms with Gasteiger partial charge in [-0.05, 0) is 56.9 Å². The lowest BCUT2D eigenvalue weighted by molar-refractivity contribution is -0.120. The second-order valence-electron chi connectivity index (χ2n) is 8.22. The SMILES string of the molecule is Cc1cccc(C)c1OCc1nnc(S[C@@H](C)C(=O)NC[C@H]2CCCO2)n1-c1ccccc1. The van der Waals surface area contributed by atoms with E-state index in [-0.39, 0.29) is 23.9 Å². The van der Waals surface area contributed by atoms with Crippen molar-refractivity contribution in [3.05, 3.63) is 65.5 Å². The number of hydrogen-bond acceptors (Lipinski definition) is 6. The summed E-state index contributed by atoms with van der Waals surface area (Å²) in [7, 11) is 0. The van der Waals surface area contributed by atoms with Crippen molar-refractivity contribution in [3.63, 3.8) is 0 Å². The zero-order valence-electron chi connectivity index (χ0n) is 19.3. The van der Waals surface area contributed by atoms with Crippen LogP contribution in [-0.4, -0.2) is 45.2 Å². The van der Waals surface area contributed by atoms with E-state index in [1.54, 1.807) is 0 Å². The maximum atomic E-state index is 12.7. The van der Waals surface area contributed by atoms with Crippen LogP contribution in [0.25, 0.3) is 5.69 Å². The molecule has 0 bridgehead atoms. The van der Waals surface area contributed by atoms with Crippen molar-refractivity contribution in [2.45, 2.75) is 56.7 Å².